The Morgan fingerprint density at radius 2 is 1.67 bits per heavy atom. The van der Waals surface area contributed by atoms with E-state index in [0.29, 0.717) is 22.1 Å². The van der Waals surface area contributed by atoms with E-state index in [1.165, 1.54) is 11.3 Å². The summed E-state index contributed by atoms with van der Waals surface area (Å²) in [6.07, 6.45) is 1.73. The lowest BCUT2D eigenvalue weighted by molar-refractivity contribution is 0.103. The van der Waals surface area contributed by atoms with Crippen LogP contribution in [0.15, 0.2) is 48.5 Å². The number of amides is 1. The van der Waals surface area contributed by atoms with Crippen LogP contribution in [-0.2, 0) is 6.42 Å². The van der Waals surface area contributed by atoms with E-state index in [1.807, 2.05) is 30.3 Å². The van der Waals surface area contributed by atoms with Crippen molar-refractivity contribution in [2.75, 3.05) is 18.9 Å². The number of thiophene rings is 1. The lowest BCUT2D eigenvalue weighted by Gasteiger charge is -2.07. The molecule has 1 N–H and O–H groups in total. The fourth-order valence-corrected chi connectivity index (χ4v) is 5.21. The van der Waals surface area contributed by atoms with Crippen LogP contribution in [0.3, 0.4) is 0 Å². The van der Waals surface area contributed by atoms with Gasteiger partial charge in [0.25, 0.3) is 5.91 Å². The number of aryl methyl sites for hydroxylation is 1. The molecule has 0 spiro atoms. The molecule has 0 aliphatic carbocycles. The van der Waals surface area contributed by atoms with Crippen LogP contribution in [0.1, 0.15) is 28.6 Å². The number of aromatic nitrogens is 1. The van der Waals surface area contributed by atoms with Gasteiger partial charge in [-0.05, 0) is 54.4 Å². The minimum atomic E-state index is -0.148. The Balaban J connectivity index is 1.35. The van der Waals surface area contributed by atoms with Crippen LogP contribution < -0.4 is 24.3 Å². The SMILES string of the molecule is CCCc1c(C(=O)Nc2ccc3c(c2)OCO3)sc2nc(-c3ccc4c(c3)OCO4)ccc12. The first kappa shape index (κ1) is 19.9. The van der Waals surface area contributed by atoms with Crippen molar-refractivity contribution in [1.29, 1.82) is 0 Å². The Morgan fingerprint density at radius 3 is 2.45 bits per heavy atom. The maximum Gasteiger partial charge on any atom is 0.266 e. The zero-order chi connectivity index (χ0) is 22.4. The summed E-state index contributed by atoms with van der Waals surface area (Å²) in [5, 5.41) is 4.02. The van der Waals surface area contributed by atoms with Crippen LogP contribution >= 0.6 is 11.3 Å². The van der Waals surface area contributed by atoms with E-state index in [-0.39, 0.29) is 19.5 Å². The average Bonchev–Trinajstić information content (AvgIpc) is 3.56. The van der Waals surface area contributed by atoms with E-state index in [4.69, 9.17) is 23.9 Å². The normalized spacial score (nSPS) is 13.5. The molecule has 0 saturated heterocycles. The van der Waals surface area contributed by atoms with E-state index < -0.39 is 0 Å². The molecule has 0 fully saturated rings. The van der Waals surface area contributed by atoms with Gasteiger partial charge in [-0.2, -0.15) is 0 Å². The molecule has 2 aliphatic heterocycles. The molecule has 33 heavy (non-hydrogen) atoms. The maximum absolute atomic E-state index is 13.2. The molecule has 2 aliphatic rings. The molecule has 0 radical (unpaired) electrons. The minimum absolute atomic E-state index is 0.148. The summed E-state index contributed by atoms with van der Waals surface area (Å²) in [7, 11) is 0. The van der Waals surface area contributed by atoms with Crippen molar-refractivity contribution in [3.05, 3.63) is 59.0 Å². The van der Waals surface area contributed by atoms with Gasteiger partial charge < -0.3 is 24.3 Å². The zero-order valence-corrected chi connectivity index (χ0v) is 18.7. The van der Waals surface area contributed by atoms with Crippen molar-refractivity contribution in [2.24, 2.45) is 0 Å². The molecule has 0 saturated carbocycles. The maximum atomic E-state index is 13.2. The van der Waals surface area contributed by atoms with Gasteiger partial charge in [-0.15, -0.1) is 11.3 Å². The van der Waals surface area contributed by atoms with Gasteiger partial charge in [0, 0.05) is 22.7 Å². The van der Waals surface area contributed by atoms with E-state index in [9.17, 15) is 4.79 Å². The number of benzene rings is 2. The van der Waals surface area contributed by atoms with Gasteiger partial charge in [0.05, 0.1) is 10.6 Å². The van der Waals surface area contributed by atoms with Crippen LogP contribution in [0.5, 0.6) is 23.0 Å². The lowest BCUT2D eigenvalue weighted by atomic mass is 10.1. The van der Waals surface area contributed by atoms with Crippen molar-refractivity contribution >= 4 is 33.1 Å². The number of hydrogen-bond donors (Lipinski definition) is 1. The number of ether oxygens (including phenoxy) is 4. The van der Waals surface area contributed by atoms with Crippen LogP contribution in [0, 0.1) is 0 Å². The number of rotatable bonds is 5. The summed E-state index contributed by atoms with van der Waals surface area (Å²) in [4.78, 5) is 19.6. The Bertz CT molecular complexity index is 1400. The smallest absolute Gasteiger partial charge is 0.266 e. The molecule has 7 nitrogen and oxygen atoms in total. The molecule has 6 rings (SSSR count). The molecule has 1 amide bonds. The Labute approximate surface area is 193 Å². The van der Waals surface area contributed by atoms with E-state index in [1.54, 1.807) is 12.1 Å². The molecule has 4 heterocycles. The van der Waals surface area contributed by atoms with E-state index >= 15 is 0 Å². The Kier molecular flexibility index (Phi) is 4.80. The van der Waals surface area contributed by atoms with Gasteiger partial charge in [0.2, 0.25) is 13.6 Å². The van der Waals surface area contributed by atoms with Crippen LogP contribution in [0.2, 0.25) is 0 Å². The van der Waals surface area contributed by atoms with Gasteiger partial charge >= 0.3 is 0 Å². The largest absolute Gasteiger partial charge is 0.454 e. The van der Waals surface area contributed by atoms with Crippen molar-refractivity contribution < 1.29 is 23.7 Å². The third-order valence-corrected chi connectivity index (χ3v) is 6.80. The van der Waals surface area contributed by atoms with Crippen LogP contribution in [0.25, 0.3) is 21.5 Å². The molecule has 4 aromatic rings. The number of pyridine rings is 1. The Hall–Kier alpha value is -3.78. The average molecular weight is 461 g/mol. The second-order valence-electron chi connectivity index (χ2n) is 7.80. The van der Waals surface area contributed by atoms with Crippen molar-refractivity contribution in [1.82, 2.24) is 4.98 Å². The minimum Gasteiger partial charge on any atom is -0.454 e. The quantitative estimate of drug-likeness (QED) is 0.416. The number of hydrogen-bond acceptors (Lipinski definition) is 7. The van der Waals surface area contributed by atoms with Crippen molar-refractivity contribution in [2.45, 2.75) is 19.8 Å². The van der Waals surface area contributed by atoms with E-state index in [0.717, 1.165) is 51.4 Å². The summed E-state index contributed by atoms with van der Waals surface area (Å²) >= 11 is 1.42. The fourth-order valence-electron chi connectivity index (χ4n) is 4.09. The standard InChI is InChI=1S/C25H20N2O5S/c1-2-3-16-17-6-7-18(14-4-8-19-21(10-14)31-12-29-19)27-25(17)33-23(16)24(28)26-15-5-9-20-22(11-15)32-13-30-20/h4-11H,2-3,12-13H2,1H3,(H,26,28). The molecule has 166 valence electrons. The predicted molar refractivity (Wildman–Crippen MR) is 126 cm³/mol. The summed E-state index contributed by atoms with van der Waals surface area (Å²) in [6, 6.07) is 15.2. The highest BCUT2D eigenvalue weighted by Gasteiger charge is 2.21. The summed E-state index contributed by atoms with van der Waals surface area (Å²) in [6.45, 7) is 2.54. The van der Waals surface area contributed by atoms with Gasteiger partial charge in [0.1, 0.15) is 4.83 Å². The highest BCUT2D eigenvalue weighted by molar-refractivity contribution is 7.20. The second-order valence-corrected chi connectivity index (χ2v) is 8.80. The molecule has 0 unspecified atom stereocenters. The van der Waals surface area contributed by atoms with Crippen LogP contribution in [0.4, 0.5) is 5.69 Å². The summed E-state index contributed by atoms with van der Waals surface area (Å²) in [5.74, 6) is 2.62. The zero-order valence-electron chi connectivity index (χ0n) is 17.8. The first-order valence-electron chi connectivity index (χ1n) is 10.7. The number of nitrogens with one attached hydrogen (secondary N) is 1. The highest BCUT2D eigenvalue weighted by Crippen LogP contribution is 2.38. The first-order chi connectivity index (χ1) is 16.2. The number of anilines is 1. The number of carbonyl (C=O) groups excluding carboxylic acids is 1. The first-order valence-corrected chi connectivity index (χ1v) is 11.5. The predicted octanol–water partition coefficient (Wildman–Crippen LogP) is 5.63. The van der Waals surface area contributed by atoms with Gasteiger partial charge in [-0.1, -0.05) is 13.3 Å². The number of nitrogens with zero attached hydrogens (tertiary/aromatic N) is 1. The Morgan fingerprint density at radius 1 is 0.939 bits per heavy atom. The fraction of sp³-hybridized carbons (Fsp3) is 0.200. The molecule has 2 aromatic heterocycles. The van der Waals surface area contributed by atoms with E-state index in [2.05, 4.69) is 18.3 Å². The molecular weight excluding hydrogens is 440 g/mol. The second kappa shape index (κ2) is 7.97. The molecular formula is C25H20N2O5S. The third-order valence-electron chi connectivity index (χ3n) is 5.66. The number of fused-ring (bicyclic) bond motifs is 3. The summed E-state index contributed by atoms with van der Waals surface area (Å²) < 4.78 is 21.7. The molecule has 0 bridgehead atoms. The number of carbonyl (C=O) groups is 1. The monoisotopic (exact) mass is 460 g/mol. The molecule has 0 atom stereocenters. The molecule has 2 aromatic carbocycles. The summed E-state index contributed by atoms with van der Waals surface area (Å²) in [5.41, 5.74) is 3.46. The van der Waals surface area contributed by atoms with Crippen molar-refractivity contribution in [3.63, 3.8) is 0 Å². The van der Waals surface area contributed by atoms with Crippen LogP contribution in [-0.4, -0.2) is 24.5 Å². The van der Waals surface area contributed by atoms with Gasteiger partial charge in [-0.25, -0.2) is 4.98 Å². The third kappa shape index (κ3) is 3.52. The van der Waals surface area contributed by atoms with Gasteiger partial charge in [-0.3, -0.25) is 4.79 Å². The van der Waals surface area contributed by atoms with Crippen molar-refractivity contribution in [3.8, 4) is 34.3 Å². The lowest BCUT2D eigenvalue weighted by Crippen LogP contribution is -2.12. The molecule has 8 heteroatoms. The van der Waals surface area contributed by atoms with Gasteiger partial charge in [0.15, 0.2) is 23.0 Å². The topological polar surface area (TPSA) is 78.9 Å². The highest BCUT2D eigenvalue weighted by atomic mass is 32.1.